The molecule has 0 spiro atoms. The predicted octanol–water partition coefficient (Wildman–Crippen LogP) is 7.60. The van der Waals surface area contributed by atoms with Gasteiger partial charge in [0, 0.05) is 54.0 Å². The first kappa shape index (κ1) is 29.4. The Hall–Kier alpha value is -4.14. The van der Waals surface area contributed by atoms with Gasteiger partial charge in [-0.3, -0.25) is 9.89 Å². The summed E-state index contributed by atoms with van der Waals surface area (Å²) >= 11 is 0. The zero-order chi connectivity index (χ0) is 29.5. The van der Waals surface area contributed by atoms with Crippen molar-refractivity contribution < 1.29 is 9.32 Å². The molecular formula is C33H43N7O2. The first-order chi connectivity index (χ1) is 20.3. The van der Waals surface area contributed by atoms with Gasteiger partial charge in [0.15, 0.2) is 5.82 Å². The molecule has 0 saturated carbocycles. The Bertz CT molecular complexity index is 1510. The number of hydrogen-bond acceptors (Lipinski definition) is 7. The second kappa shape index (κ2) is 13.2. The number of nitrogens with two attached hydrogens (primary N) is 1. The van der Waals surface area contributed by atoms with Crippen LogP contribution in [0.25, 0.3) is 28.2 Å². The van der Waals surface area contributed by atoms with Gasteiger partial charge in [-0.1, -0.05) is 63.1 Å². The van der Waals surface area contributed by atoms with Crippen molar-refractivity contribution >= 4 is 40.2 Å². The number of likely N-dealkylation sites (tertiary alicyclic amines) is 1. The Kier molecular flexibility index (Phi) is 9.25. The van der Waals surface area contributed by atoms with Gasteiger partial charge >= 0.3 is 0 Å². The number of benzene rings is 1. The van der Waals surface area contributed by atoms with Crippen LogP contribution in [0.15, 0.2) is 47.1 Å². The van der Waals surface area contributed by atoms with Gasteiger partial charge in [0.2, 0.25) is 5.91 Å². The van der Waals surface area contributed by atoms with Crippen molar-refractivity contribution in [3.8, 4) is 11.3 Å². The number of hydrogen-bond donors (Lipinski definition) is 3. The van der Waals surface area contributed by atoms with Crippen LogP contribution in [0.3, 0.4) is 0 Å². The van der Waals surface area contributed by atoms with Crippen molar-refractivity contribution in [1.82, 2.24) is 25.2 Å². The van der Waals surface area contributed by atoms with Gasteiger partial charge in [0.25, 0.3) is 0 Å². The fraction of sp³-hybridized carbons (Fsp3) is 0.455. The first-order valence-corrected chi connectivity index (χ1v) is 15.2. The molecule has 222 valence electrons. The molecule has 3 aromatic heterocycles. The molecule has 1 aromatic carbocycles. The minimum atomic E-state index is -0.102. The Morgan fingerprint density at radius 2 is 1.86 bits per heavy atom. The third-order valence-electron chi connectivity index (χ3n) is 7.85. The van der Waals surface area contributed by atoms with Crippen LogP contribution in [0.1, 0.15) is 89.9 Å². The second-order valence-electron chi connectivity index (χ2n) is 12.2. The van der Waals surface area contributed by atoms with E-state index in [-0.39, 0.29) is 5.41 Å². The zero-order valence-electron chi connectivity index (χ0n) is 25.1. The molecule has 1 aliphatic rings. The van der Waals surface area contributed by atoms with Crippen LogP contribution in [0, 0.1) is 0 Å². The highest BCUT2D eigenvalue weighted by Crippen LogP contribution is 2.33. The van der Waals surface area contributed by atoms with Crippen LogP contribution in [-0.2, 0) is 10.2 Å². The van der Waals surface area contributed by atoms with Gasteiger partial charge in [-0.2, -0.15) is 5.10 Å². The number of aromatic amines is 1. The van der Waals surface area contributed by atoms with Crippen LogP contribution in [-0.4, -0.2) is 44.2 Å². The van der Waals surface area contributed by atoms with E-state index < -0.39 is 0 Å². The van der Waals surface area contributed by atoms with Crippen LogP contribution >= 0.6 is 0 Å². The van der Waals surface area contributed by atoms with Crippen LogP contribution in [0.2, 0.25) is 0 Å². The zero-order valence-corrected chi connectivity index (χ0v) is 25.1. The third kappa shape index (κ3) is 7.19. The Balaban J connectivity index is 1.14. The SMILES string of the molecule is CC(C)(C)c1cc(Nc2ccc(-c3[nH]nc4c(/C=C/CCCCCCC(=O)N5CCCCC5)cnc(N)c34)cc2)no1. The van der Waals surface area contributed by atoms with Crippen molar-refractivity contribution in [3.05, 3.63) is 53.9 Å². The number of nitrogens with zero attached hydrogens (tertiary/aromatic N) is 4. The molecule has 0 aliphatic carbocycles. The fourth-order valence-electron chi connectivity index (χ4n) is 5.36. The Morgan fingerprint density at radius 3 is 2.60 bits per heavy atom. The summed E-state index contributed by atoms with van der Waals surface area (Å²) in [5, 5.41) is 16.0. The van der Waals surface area contributed by atoms with Crippen molar-refractivity contribution in [2.45, 2.75) is 84.0 Å². The van der Waals surface area contributed by atoms with Crippen molar-refractivity contribution in [2.75, 3.05) is 24.1 Å². The van der Waals surface area contributed by atoms with Crippen molar-refractivity contribution in [2.24, 2.45) is 0 Å². The molecule has 4 N–H and O–H groups in total. The van der Waals surface area contributed by atoms with Gasteiger partial charge in [-0.25, -0.2) is 4.98 Å². The fourth-order valence-corrected chi connectivity index (χ4v) is 5.36. The summed E-state index contributed by atoms with van der Waals surface area (Å²) in [5.74, 6) is 2.29. The number of amides is 1. The highest BCUT2D eigenvalue weighted by Gasteiger charge is 2.20. The number of carbonyl (C=O) groups excluding carboxylic acids is 1. The van der Waals surface area contributed by atoms with Gasteiger partial charge in [0.05, 0.1) is 11.1 Å². The highest BCUT2D eigenvalue weighted by molar-refractivity contribution is 6.03. The number of H-pyrrole nitrogens is 1. The normalized spacial score (nSPS) is 14.2. The molecule has 9 nitrogen and oxygen atoms in total. The monoisotopic (exact) mass is 569 g/mol. The molecule has 0 bridgehead atoms. The number of unbranched alkanes of at least 4 members (excludes halogenated alkanes) is 4. The third-order valence-corrected chi connectivity index (χ3v) is 7.85. The lowest BCUT2D eigenvalue weighted by atomic mass is 9.93. The predicted molar refractivity (Wildman–Crippen MR) is 169 cm³/mol. The largest absolute Gasteiger partial charge is 0.383 e. The van der Waals surface area contributed by atoms with Gasteiger partial charge < -0.3 is 20.5 Å². The van der Waals surface area contributed by atoms with Gasteiger partial charge in [-0.15, -0.1) is 0 Å². The maximum Gasteiger partial charge on any atom is 0.222 e. The van der Waals surface area contributed by atoms with E-state index in [1.54, 1.807) is 6.20 Å². The molecule has 1 amide bonds. The minimum Gasteiger partial charge on any atom is -0.383 e. The van der Waals surface area contributed by atoms with Crippen molar-refractivity contribution in [1.29, 1.82) is 0 Å². The van der Waals surface area contributed by atoms with E-state index in [2.05, 4.69) is 58.6 Å². The smallest absolute Gasteiger partial charge is 0.222 e. The van der Waals surface area contributed by atoms with E-state index in [9.17, 15) is 4.79 Å². The maximum atomic E-state index is 12.3. The number of anilines is 3. The van der Waals surface area contributed by atoms with Crippen LogP contribution in [0.5, 0.6) is 0 Å². The van der Waals surface area contributed by atoms with E-state index in [1.807, 2.05) is 35.2 Å². The summed E-state index contributed by atoms with van der Waals surface area (Å²) in [6.45, 7) is 8.16. The number of rotatable bonds is 11. The summed E-state index contributed by atoms with van der Waals surface area (Å²) in [6.07, 6.45) is 15.6. The number of allylic oxidation sites excluding steroid dienone is 1. The maximum absolute atomic E-state index is 12.3. The summed E-state index contributed by atoms with van der Waals surface area (Å²) < 4.78 is 5.48. The van der Waals surface area contributed by atoms with Gasteiger partial charge in [-0.05, 0) is 50.7 Å². The lowest BCUT2D eigenvalue weighted by Gasteiger charge is -2.26. The summed E-state index contributed by atoms with van der Waals surface area (Å²) in [5.41, 5.74) is 10.7. The van der Waals surface area contributed by atoms with Crippen LogP contribution < -0.4 is 11.1 Å². The molecule has 0 radical (unpaired) electrons. The number of carbonyl (C=O) groups is 1. The van der Waals surface area contributed by atoms with E-state index in [0.717, 1.165) is 97.2 Å². The topological polar surface area (TPSA) is 126 Å². The standard InChI is InChI=1S/C33H43N7O2/c1-33(2,3)26-21-27(39-42-26)36-25-17-15-23(16-18-25)30-29-31(38-37-30)24(22-35-32(29)34)13-9-6-4-5-7-10-14-28(41)40-19-11-8-12-20-40/h9,13,15-18,21-22H,4-8,10-12,14,19-20H2,1-3H3,(H2,34,35)(H,36,39)(H,37,38)/b13-9+. The minimum absolute atomic E-state index is 0.102. The average Bonchev–Trinajstić information content (AvgIpc) is 3.65. The number of pyridine rings is 1. The lowest BCUT2D eigenvalue weighted by Crippen LogP contribution is -2.35. The molecule has 9 heteroatoms. The summed E-state index contributed by atoms with van der Waals surface area (Å²) in [7, 11) is 0. The molecule has 1 saturated heterocycles. The molecule has 0 atom stereocenters. The Labute approximate surface area is 247 Å². The van der Waals surface area contributed by atoms with E-state index in [1.165, 1.54) is 6.42 Å². The lowest BCUT2D eigenvalue weighted by molar-refractivity contribution is -0.132. The summed E-state index contributed by atoms with van der Waals surface area (Å²) in [6, 6.07) is 9.94. The second-order valence-corrected chi connectivity index (χ2v) is 12.2. The molecule has 0 unspecified atom stereocenters. The van der Waals surface area contributed by atoms with E-state index >= 15 is 0 Å². The number of nitrogens with one attached hydrogen (secondary N) is 2. The Morgan fingerprint density at radius 1 is 1.10 bits per heavy atom. The number of piperidine rings is 1. The number of aromatic nitrogens is 4. The quantitative estimate of drug-likeness (QED) is 0.159. The first-order valence-electron chi connectivity index (χ1n) is 15.2. The van der Waals surface area contributed by atoms with E-state index in [4.69, 9.17) is 10.3 Å². The summed E-state index contributed by atoms with van der Waals surface area (Å²) in [4.78, 5) is 18.8. The average molecular weight is 570 g/mol. The molecule has 4 heterocycles. The van der Waals surface area contributed by atoms with Crippen LogP contribution in [0.4, 0.5) is 17.3 Å². The van der Waals surface area contributed by atoms with E-state index in [0.29, 0.717) is 24.0 Å². The molecule has 4 aromatic rings. The van der Waals surface area contributed by atoms with Crippen molar-refractivity contribution in [3.63, 3.8) is 0 Å². The van der Waals surface area contributed by atoms with Gasteiger partial charge in [0.1, 0.15) is 17.1 Å². The molecule has 5 rings (SSSR count). The number of nitrogen functional groups attached to an aromatic ring is 1. The highest BCUT2D eigenvalue weighted by atomic mass is 16.5. The molecule has 1 fully saturated rings. The molecular weight excluding hydrogens is 526 g/mol. The molecule has 1 aliphatic heterocycles. The number of fused-ring (bicyclic) bond motifs is 1. The molecule has 42 heavy (non-hydrogen) atoms.